The summed E-state index contributed by atoms with van der Waals surface area (Å²) in [4.78, 5) is 10.4. The van der Waals surface area contributed by atoms with Crippen molar-refractivity contribution in [3.8, 4) is 5.75 Å². The molecule has 0 fully saturated rings. The normalized spacial score (nSPS) is 10.8. The second-order valence-electron chi connectivity index (χ2n) is 7.59. The molecule has 4 aromatic carbocycles. The summed E-state index contributed by atoms with van der Waals surface area (Å²) in [6, 6.07) is 26.4. The molecule has 6 nitrogen and oxygen atoms in total. The number of nitro benzene ring substituents is 1. The van der Waals surface area contributed by atoms with Crippen molar-refractivity contribution in [2.75, 3.05) is 18.4 Å². The van der Waals surface area contributed by atoms with Gasteiger partial charge in [0.25, 0.3) is 5.69 Å². The van der Waals surface area contributed by atoms with E-state index in [9.17, 15) is 10.1 Å². The molecule has 0 aliphatic carbocycles. The lowest BCUT2D eigenvalue weighted by atomic mass is 10.0. The molecule has 0 heterocycles. The van der Waals surface area contributed by atoms with Crippen molar-refractivity contribution in [1.82, 2.24) is 5.32 Å². The summed E-state index contributed by atoms with van der Waals surface area (Å²) >= 11 is 5.98. The van der Waals surface area contributed by atoms with Crippen LogP contribution in [0.4, 0.5) is 11.4 Å². The van der Waals surface area contributed by atoms with Crippen LogP contribution in [0.25, 0.3) is 10.8 Å². The van der Waals surface area contributed by atoms with Crippen molar-refractivity contribution in [2.24, 2.45) is 0 Å². The van der Waals surface area contributed by atoms with E-state index in [1.54, 1.807) is 12.1 Å². The molecule has 0 amide bonds. The summed E-state index contributed by atoms with van der Waals surface area (Å²) in [6.45, 7) is 2.52. The van der Waals surface area contributed by atoms with E-state index < -0.39 is 4.92 Å². The summed E-state index contributed by atoms with van der Waals surface area (Å²) in [5.74, 6) is 0.847. The van der Waals surface area contributed by atoms with Crippen LogP contribution in [0.15, 0.2) is 84.9 Å². The summed E-state index contributed by atoms with van der Waals surface area (Å²) in [5, 5.41) is 20.5. The molecule has 0 radical (unpaired) electrons. The first-order chi connectivity index (χ1) is 16.1. The first kappa shape index (κ1) is 22.6. The highest BCUT2D eigenvalue weighted by atomic mass is 35.5. The molecule has 0 saturated heterocycles. The molecule has 0 atom stereocenters. The standard InChI is InChI=1S/C26H24ClN3O3/c27-21-8-5-19(6-9-21)18-33-26-14-7-20-3-1-2-4-24(20)25(26)17-28-15-16-29-22-10-12-23(13-11-22)30(31)32/h1-14,28-29H,15-18H2. The highest BCUT2D eigenvalue weighted by molar-refractivity contribution is 6.30. The number of anilines is 1. The predicted molar refractivity (Wildman–Crippen MR) is 133 cm³/mol. The molecule has 0 aliphatic rings. The van der Waals surface area contributed by atoms with Crippen molar-refractivity contribution < 1.29 is 9.66 Å². The van der Waals surface area contributed by atoms with Gasteiger partial charge in [0, 0.05) is 48.0 Å². The number of halogens is 1. The maximum absolute atomic E-state index is 10.8. The fourth-order valence-corrected chi connectivity index (χ4v) is 3.71. The third-order valence-corrected chi connectivity index (χ3v) is 5.57. The highest BCUT2D eigenvalue weighted by Crippen LogP contribution is 2.29. The molecule has 4 aromatic rings. The Kier molecular flexibility index (Phi) is 7.40. The molecule has 4 rings (SSSR count). The number of ether oxygens (including phenoxy) is 1. The van der Waals surface area contributed by atoms with Gasteiger partial charge in [-0.2, -0.15) is 0 Å². The number of hydrogen-bond donors (Lipinski definition) is 2. The summed E-state index contributed by atoms with van der Waals surface area (Å²) < 4.78 is 6.17. The van der Waals surface area contributed by atoms with E-state index in [2.05, 4.69) is 28.8 Å². The van der Waals surface area contributed by atoms with Gasteiger partial charge in [-0.25, -0.2) is 0 Å². The van der Waals surface area contributed by atoms with Crippen LogP contribution in [0.2, 0.25) is 5.02 Å². The fourth-order valence-electron chi connectivity index (χ4n) is 3.58. The Bertz CT molecular complexity index is 1230. The number of rotatable bonds is 10. The molecular formula is C26H24ClN3O3. The lowest BCUT2D eigenvalue weighted by Crippen LogP contribution is -2.22. The maximum atomic E-state index is 10.8. The van der Waals surface area contributed by atoms with Gasteiger partial charge in [-0.1, -0.05) is 54.1 Å². The molecule has 0 saturated carbocycles. The van der Waals surface area contributed by atoms with Crippen molar-refractivity contribution in [3.63, 3.8) is 0 Å². The predicted octanol–water partition coefficient (Wildman–Crippen LogP) is 6.18. The molecule has 0 unspecified atom stereocenters. The Labute approximate surface area is 197 Å². The molecule has 33 heavy (non-hydrogen) atoms. The first-order valence-corrected chi connectivity index (χ1v) is 11.0. The number of fused-ring (bicyclic) bond motifs is 1. The van der Waals surface area contributed by atoms with Crippen LogP contribution < -0.4 is 15.4 Å². The van der Waals surface area contributed by atoms with Gasteiger partial charge in [0.15, 0.2) is 0 Å². The second kappa shape index (κ2) is 10.8. The molecule has 0 aliphatic heterocycles. The molecule has 0 aromatic heterocycles. The van der Waals surface area contributed by atoms with Gasteiger partial charge >= 0.3 is 0 Å². The average molecular weight is 462 g/mol. The lowest BCUT2D eigenvalue weighted by molar-refractivity contribution is -0.384. The number of nitrogens with one attached hydrogen (secondary N) is 2. The molecule has 0 spiro atoms. The zero-order valence-corrected chi connectivity index (χ0v) is 18.7. The van der Waals surface area contributed by atoms with Crippen LogP contribution in [-0.4, -0.2) is 18.0 Å². The Hall–Kier alpha value is -3.61. The zero-order chi connectivity index (χ0) is 23.0. The number of hydrogen-bond acceptors (Lipinski definition) is 5. The van der Waals surface area contributed by atoms with Crippen molar-refractivity contribution in [2.45, 2.75) is 13.2 Å². The zero-order valence-electron chi connectivity index (χ0n) is 18.0. The first-order valence-electron chi connectivity index (χ1n) is 10.7. The van der Waals surface area contributed by atoms with Gasteiger partial charge in [-0.05, 0) is 46.7 Å². The van der Waals surface area contributed by atoms with Gasteiger partial charge in [-0.15, -0.1) is 0 Å². The number of benzene rings is 4. The maximum Gasteiger partial charge on any atom is 0.269 e. The van der Waals surface area contributed by atoms with E-state index in [0.717, 1.165) is 39.9 Å². The number of nitro groups is 1. The minimum Gasteiger partial charge on any atom is -0.489 e. The van der Waals surface area contributed by atoms with Crippen LogP contribution in [0.5, 0.6) is 5.75 Å². The van der Waals surface area contributed by atoms with Gasteiger partial charge < -0.3 is 15.4 Å². The molecule has 7 heteroatoms. The van der Waals surface area contributed by atoms with E-state index in [4.69, 9.17) is 16.3 Å². The van der Waals surface area contributed by atoms with Crippen molar-refractivity contribution in [1.29, 1.82) is 0 Å². The van der Waals surface area contributed by atoms with E-state index >= 15 is 0 Å². The van der Waals surface area contributed by atoms with Crippen LogP contribution in [0.3, 0.4) is 0 Å². The quantitative estimate of drug-likeness (QED) is 0.167. The molecule has 168 valence electrons. The van der Waals surface area contributed by atoms with Crippen molar-refractivity contribution >= 4 is 33.7 Å². The minimum atomic E-state index is -0.401. The Morgan fingerprint density at radius 2 is 1.64 bits per heavy atom. The van der Waals surface area contributed by atoms with Crippen LogP contribution >= 0.6 is 11.6 Å². The van der Waals surface area contributed by atoms with Gasteiger partial charge in [0.2, 0.25) is 0 Å². The van der Waals surface area contributed by atoms with Crippen molar-refractivity contribution in [3.05, 3.63) is 111 Å². The monoisotopic (exact) mass is 461 g/mol. The summed E-state index contributed by atoms with van der Waals surface area (Å²) in [5.41, 5.74) is 3.09. The molecule has 2 N–H and O–H groups in total. The average Bonchev–Trinajstić information content (AvgIpc) is 2.84. The fraction of sp³-hybridized carbons (Fsp3) is 0.154. The Morgan fingerprint density at radius 3 is 2.39 bits per heavy atom. The van der Waals surface area contributed by atoms with Gasteiger partial charge in [0.05, 0.1) is 4.92 Å². The van der Waals surface area contributed by atoms with E-state index in [1.807, 2.05) is 42.5 Å². The third-order valence-electron chi connectivity index (χ3n) is 5.32. The van der Waals surface area contributed by atoms with E-state index in [-0.39, 0.29) is 5.69 Å². The number of nitrogens with zero attached hydrogens (tertiary/aromatic N) is 1. The van der Waals surface area contributed by atoms with E-state index in [1.165, 1.54) is 12.1 Å². The Morgan fingerprint density at radius 1 is 0.879 bits per heavy atom. The second-order valence-corrected chi connectivity index (χ2v) is 8.02. The van der Waals surface area contributed by atoms with Crippen LogP contribution in [0.1, 0.15) is 11.1 Å². The minimum absolute atomic E-state index is 0.0840. The van der Waals surface area contributed by atoms with Gasteiger partial charge in [0.1, 0.15) is 12.4 Å². The van der Waals surface area contributed by atoms with Crippen LogP contribution in [-0.2, 0) is 13.2 Å². The largest absolute Gasteiger partial charge is 0.489 e. The summed E-state index contributed by atoms with van der Waals surface area (Å²) in [7, 11) is 0. The molecular weight excluding hydrogens is 438 g/mol. The molecule has 0 bridgehead atoms. The van der Waals surface area contributed by atoms with E-state index in [0.29, 0.717) is 24.7 Å². The topological polar surface area (TPSA) is 76.4 Å². The lowest BCUT2D eigenvalue weighted by Gasteiger charge is -2.16. The SMILES string of the molecule is O=[N+]([O-])c1ccc(NCCNCc2c(OCc3ccc(Cl)cc3)ccc3ccccc23)cc1. The third kappa shape index (κ3) is 6.00. The number of non-ortho nitro benzene ring substituents is 1. The Balaban J connectivity index is 1.38. The summed E-state index contributed by atoms with van der Waals surface area (Å²) in [6.07, 6.45) is 0. The van der Waals surface area contributed by atoms with Crippen LogP contribution in [0, 0.1) is 10.1 Å². The smallest absolute Gasteiger partial charge is 0.269 e. The highest BCUT2D eigenvalue weighted by Gasteiger charge is 2.09. The van der Waals surface area contributed by atoms with Gasteiger partial charge in [-0.3, -0.25) is 10.1 Å².